The number of piperidine rings is 1. The molecule has 2 aliphatic heterocycles. The van der Waals surface area contributed by atoms with Crippen molar-refractivity contribution in [1.29, 1.82) is 0 Å². The van der Waals surface area contributed by atoms with Crippen molar-refractivity contribution in [3.05, 3.63) is 23.2 Å². The van der Waals surface area contributed by atoms with E-state index >= 15 is 0 Å². The second kappa shape index (κ2) is 7.39. The van der Waals surface area contributed by atoms with Gasteiger partial charge in [-0.05, 0) is 50.4 Å². The van der Waals surface area contributed by atoms with Crippen LogP contribution in [0.4, 0.5) is 5.69 Å². The van der Waals surface area contributed by atoms with Gasteiger partial charge in [-0.25, -0.2) is 8.42 Å². The molecular formula is C16H22ClN3O3S. The second-order valence-electron chi connectivity index (χ2n) is 6.29. The zero-order chi connectivity index (χ0) is 17.2. The normalized spacial score (nSPS) is 22.5. The molecule has 0 bridgehead atoms. The zero-order valence-corrected chi connectivity index (χ0v) is 15.0. The summed E-state index contributed by atoms with van der Waals surface area (Å²) in [4.78, 5) is 12.4. The van der Waals surface area contributed by atoms with Crippen molar-refractivity contribution < 1.29 is 13.2 Å². The summed E-state index contributed by atoms with van der Waals surface area (Å²) in [6, 6.07) is 4.63. The van der Waals surface area contributed by atoms with E-state index in [9.17, 15) is 13.2 Å². The first-order valence-corrected chi connectivity index (χ1v) is 10.1. The van der Waals surface area contributed by atoms with E-state index in [0.717, 1.165) is 32.2 Å². The highest BCUT2D eigenvalue weighted by Gasteiger charge is 2.29. The summed E-state index contributed by atoms with van der Waals surface area (Å²) in [5.74, 6) is -0.179. The molecule has 1 aromatic rings. The van der Waals surface area contributed by atoms with Crippen molar-refractivity contribution in [2.45, 2.75) is 30.6 Å². The van der Waals surface area contributed by atoms with Crippen LogP contribution in [0.2, 0.25) is 5.02 Å². The van der Waals surface area contributed by atoms with Crippen molar-refractivity contribution in [3.63, 3.8) is 0 Å². The Morgan fingerprint density at radius 3 is 2.67 bits per heavy atom. The van der Waals surface area contributed by atoms with E-state index < -0.39 is 10.0 Å². The SMILES string of the molecule is O=C(Nc1ccc(Cl)c(S(=O)(=O)N2CCCC2)c1)C1CCCNC1. The monoisotopic (exact) mass is 371 g/mol. The van der Waals surface area contributed by atoms with Crippen molar-refractivity contribution in [2.24, 2.45) is 5.92 Å². The molecule has 2 saturated heterocycles. The van der Waals surface area contributed by atoms with Gasteiger partial charge in [-0.1, -0.05) is 11.6 Å². The van der Waals surface area contributed by atoms with E-state index in [1.807, 2.05) is 0 Å². The maximum atomic E-state index is 12.7. The van der Waals surface area contributed by atoms with Crippen LogP contribution >= 0.6 is 11.6 Å². The van der Waals surface area contributed by atoms with E-state index in [-0.39, 0.29) is 21.7 Å². The van der Waals surface area contributed by atoms with E-state index in [1.54, 1.807) is 6.07 Å². The lowest BCUT2D eigenvalue weighted by Gasteiger charge is -2.22. The summed E-state index contributed by atoms with van der Waals surface area (Å²) < 4.78 is 26.9. The number of sulfonamides is 1. The van der Waals surface area contributed by atoms with Gasteiger partial charge in [0, 0.05) is 25.3 Å². The molecule has 0 radical (unpaired) electrons. The van der Waals surface area contributed by atoms with Crippen LogP contribution in [-0.4, -0.2) is 44.8 Å². The molecule has 3 rings (SSSR count). The van der Waals surface area contributed by atoms with Gasteiger partial charge in [0.15, 0.2) is 0 Å². The smallest absolute Gasteiger partial charge is 0.244 e. The predicted octanol–water partition coefficient (Wildman–Crippen LogP) is 2.06. The lowest BCUT2D eigenvalue weighted by molar-refractivity contribution is -0.120. The number of rotatable bonds is 4. The van der Waals surface area contributed by atoms with Crippen LogP contribution in [0.25, 0.3) is 0 Å². The summed E-state index contributed by atoms with van der Waals surface area (Å²) >= 11 is 6.12. The van der Waals surface area contributed by atoms with Crippen LogP contribution in [0.1, 0.15) is 25.7 Å². The highest BCUT2D eigenvalue weighted by atomic mass is 35.5. The van der Waals surface area contributed by atoms with Crippen LogP contribution < -0.4 is 10.6 Å². The average molecular weight is 372 g/mol. The molecule has 2 aliphatic rings. The highest BCUT2D eigenvalue weighted by molar-refractivity contribution is 7.89. The molecule has 132 valence electrons. The zero-order valence-electron chi connectivity index (χ0n) is 13.4. The fraction of sp³-hybridized carbons (Fsp3) is 0.562. The largest absolute Gasteiger partial charge is 0.326 e. The van der Waals surface area contributed by atoms with E-state index in [2.05, 4.69) is 10.6 Å². The van der Waals surface area contributed by atoms with E-state index in [1.165, 1.54) is 16.4 Å². The van der Waals surface area contributed by atoms with Gasteiger partial charge >= 0.3 is 0 Å². The Bertz CT molecular complexity index is 711. The maximum absolute atomic E-state index is 12.7. The number of nitrogens with zero attached hydrogens (tertiary/aromatic N) is 1. The van der Waals surface area contributed by atoms with E-state index in [4.69, 9.17) is 11.6 Å². The molecule has 6 nitrogen and oxygen atoms in total. The molecule has 2 heterocycles. The number of halogens is 1. The number of carbonyl (C=O) groups excluding carboxylic acids is 1. The Labute approximate surface area is 147 Å². The molecule has 1 amide bonds. The number of amides is 1. The third kappa shape index (κ3) is 3.74. The fourth-order valence-corrected chi connectivity index (χ4v) is 5.18. The molecule has 8 heteroatoms. The van der Waals surface area contributed by atoms with Gasteiger partial charge in [-0.2, -0.15) is 4.31 Å². The Kier molecular flexibility index (Phi) is 5.44. The first-order valence-electron chi connectivity index (χ1n) is 8.30. The topological polar surface area (TPSA) is 78.5 Å². The first-order chi connectivity index (χ1) is 11.5. The summed E-state index contributed by atoms with van der Waals surface area (Å²) in [6.07, 6.45) is 3.53. The van der Waals surface area contributed by atoms with Crippen LogP contribution in [0.3, 0.4) is 0 Å². The number of carbonyl (C=O) groups is 1. The Morgan fingerprint density at radius 1 is 1.25 bits per heavy atom. The molecule has 0 saturated carbocycles. The third-order valence-corrected chi connectivity index (χ3v) is 6.93. The second-order valence-corrected chi connectivity index (χ2v) is 8.60. The van der Waals surface area contributed by atoms with Crippen molar-refractivity contribution in [3.8, 4) is 0 Å². The third-order valence-electron chi connectivity index (χ3n) is 4.55. The van der Waals surface area contributed by atoms with Gasteiger partial charge in [-0.15, -0.1) is 0 Å². The van der Waals surface area contributed by atoms with Crippen molar-refractivity contribution in [2.75, 3.05) is 31.5 Å². The molecule has 0 aliphatic carbocycles. The van der Waals surface area contributed by atoms with Gasteiger partial charge < -0.3 is 10.6 Å². The van der Waals surface area contributed by atoms with Crippen LogP contribution in [0.15, 0.2) is 23.1 Å². The van der Waals surface area contributed by atoms with Gasteiger partial charge in [0.2, 0.25) is 15.9 Å². The minimum absolute atomic E-state index is 0.0608. The Morgan fingerprint density at radius 2 is 2.00 bits per heavy atom. The van der Waals surface area contributed by atoms with Crippen molar-refractivity contribution >= 4 is 33.2 Å². The van der Waals surface area contributed by atoms with Crippen molar-refractivity contribution in [1.82, 2.24) is 9.62 Å². The maximum Gasteiger partial charge on any atom is 0.244 e. The molecule has 1 unspecified atom stereocenters. The molecule has 1 aromatic carbocycles. The standard InChI is InChI=1S/C16H22ClN3O3S/c17-14-6-5-13(19-16(21)12-4-3-7-18-11-12)10-15(14)24(22,23)20-8-1-2-9-20/h5-6,10,12,18H,1-4,7-9,11H2,(H,19,21). The number of nitrogens with one attached hydrogen (secondary N) is 2. The van der Waals surface area contributed by atoms with Crippen LogP contribution in [-0.2, 0) is 14.8 Å². The Hall–Kier alpha value is -1.15. The molecule has 1 atom stereocenters. The van der Waals surface area contributed by atoms with Gasteiger partial charge in [-0.3, -0.25) is 4.79 Å². The molecule has 24 heavy (non-hydrogen) atoms. The lowest BCUT2D eigenvalue weighted by atomic mass is 9.99. The fourth-order valence-electron chi connectivity index (χ4n) is 3.17. The Balaban J connectivity index is 1.79. The molecule has 2 fully saturated rings. The number of hydrogen-bond acceptors (Lipinski definition) is 4. The molecule has 0 spiro atoms. The van der Waals surface area contributed by atoms with Gasteiger partial charge in [0.05, 0.1) is 10.9 Å². The minimum atomic E-state index is -3.61. The quantitative estimate of drug-likeness (QED) is 0.849. The first kappa shape index (κ1) is 17.7. The highest BCUT2D eigenvalue weighted by Crippen LogP contribution is 2.30. The van der Waals surface area contributed by atoms with Crippen LogP contribution in [0, 0.1) is 5.92 Å². The molecular weight excluding hydrogens is 350 g/mol. The summed E-state index contributed by atoms with van der Waals surface area (Å²) in [5, 5.41) is 6.20. The number of benzene rings is 1. The summed E-state index contributed by atoms with van der Waals surface area (Å²) in [7, 11) is -3.61. The van der Waals surface area contributed by atoms with Gasteiger partial charge in [0.1, 0.15) is 4.90 Å². The average Bonchev–Trinajstić information content (AvgIpc) is 3.12. The molecule has 2 N–H and O–H groups in total. The predicted molar refractivity (Wildman–Crippen MR) is 93.7 cm³/mol. The summed E-state index contributed by atoms with van der Waals surface area (Å²) in [6.45, 7) is 2.62. The number of hydrogen-bond donors (Lipinski definition) is 2. The number of anilines is 1. The minimum Gasteiger partial charge on any atom is -0.326 e. The summed E-state index contributed by atoms with van der Waals surface area (Å²) in [5.41, 5.74) is 0.466. The van der Waals surface area contributed by atoms with Gasteiger partial charge in [0.25, 0.3) is 0 Å². The molecule has 0 aromatic heterocycles. The van der Waals surface area contributed by atoms with Crippen LogP contribution in [0.5, 0.6) is 0 Å². The van der Waals surface area contributed by atoms with E-state index in [0.29, 0.717) is 25.3 Å². The lowest BCUT2D eigenvalue weighted by Crippen LogP contribution is -2.37.